The van der Waals surface area contributed by atoms with E-state index in [1.165, 1.54) is 0 Å². The van der Waals surface area contributed by atoms with Gasteiger partial charge in [-0.3, -0.25) is 14.9 Å². The summed E-state index contributed by atoms with van der Waals surface area (Å²) in [5.41, 5.74) is 4.29. The number of hydrogen-bond acceptors (Lipinski definition) is 4. The number of benzene rings is 3. The van der Waals surface area contributed by atoms with E-state index >= 15 is 0 Å². The number of carbonyl (C=O) groups excluding carboxylic acids is 2. The number of rotatable bonds is 6. The van der Waals surface area contributed by atoms with E-state index in [-0.39, 0.29) is 5.75 Å². The van der Waals surface area contributed by atoms with Crippen LogP contribution < -0.4 is 10.6 Å². The molecular formula is C25H22ClN3O3. The molecule has 0 saturated heterocycles. The predicted molar refractivity (Wildman–Crippen MR) is 127 cm³/mol. The minimum absolute atomic E-state index is 0.191. The third-order valence-corrected chi connectivity index (χ3v) is 6.38. The summed E-state index contributed by atoms with van der Waals surface area (Å²) in [7, 11) is 1.92. The predicted octanol–water partition coefficient (Wildman–Crippen LogP) is 4.77. The van der Waals surface area contributed by atoms with Crippen molar-refractivity contribution in [1.29, 1.82) is 0 Å². The number of nitrogens with one attached hydrogen (secondary N) is 3. The molecule has 4 aromatic rings. The fourth-order valence-corrected chi connectivity index (χ4v) is 4.79. The highest BCUT2D eigenvalue weighted by molar-refractivity contribution is 6.36. The van der Waals surface area contributed by atoms with Crippen molar-refractivity contribution < 1.29 is 14.7 Å². The van der Waals surface area contributed by atoms with E-state index < -0.39 is 11.8 Å². The topological polar surface area (TPSA) is 94.2 Å². The van der Waals surface area contributed by atoms with Gasteiger partial charge in [0.05, 0.1) is 11.1 Å². The second kappa shape index (κ2) is 7.97. The van der Waals surface area contributed by atoms with Crippen molar-refractivity contribution in [3.05, 3.63) is 64.2 Å². The molecule has 6 nitrogen and oxygen atoms in total. The fraction of sp³-hybridized carbons (Fsp3) is 0.200. The molecule has 0 bridgehead atoms. The summed E-state index contributed by atoms with van der Waals surface area (Å²) in [5, 5.41) is 18.1. The molecule has 0 atom stereocenters. The molecule has 0 spiro atoms. The molecule has 0 aliphatic carbocycles. The number of aromatic hydroxyl groups is 1. The summed E-state index contributed by atoms with van der Waals surface area (Å²) in [4.78, 5) is 28.9. The lowest BCUT2D eigenvalue weighted by atomic mass is 9.92. The normalized spacial score (nSPS) is 13.2. The number of aromatic nitrogens is 1. The Labute approximate surface area is 189 Å². The van der Waals surface area contributed by atoms with Gasteiger partial charge in [0.1, 0.15) is 5.75 Å². The molecule has 32 heavy (non-hydrogen) atoms. The molecule has 1 aliphatic heterocycles. The van der Waals surface area contributed by atoms with Crippen LogP contribution in [0, 0.1) is 0 Å². The van der Waals surface area contributed by atoms with Crippen LogP contribution in [-0.4, -0.2) is 35.5 Å². The van der Waals surface area contributed by atoms with Crippen LogP contribution in [-0.2, 0) is 6.42 Å². The zero-order valence-electron chi connectivity index (χ0n) is 17.5. The van der Waals surface area contributed by atoms with Crippen molar-refractivity contribution in [2.75, 3.05) is 13.6 Å². The number of H-pyrrole nitrogens is 1. The van der Waals surface area contributed by atoms with Crippen LogP contribution in [0.1, 0.15) is 39.1 Å². The Kier molecular flexibility index (Phi) is 5.12. The van der Waals surface area contributed by atoms with Crippen molar-refractivity contribution in [3.63, 3.8) is 0 Å². The van der Waals surface area contributed by atoms with E-state index in [1.54, 1.807) is 12.1 Å². The third-order valence-electron chi connectivity index (χ3n) is 6.05. The summed E-state index contributed by atoms with van der Waals surface area (Å²) >= 11 is 6.42. The number of halogens is 1. The first-order valence-corrected chi connectivity index (χ1v) is 11.0. The minimum Gasteiger partial charge on any atom is -0.508 e. The van der Waals surface area contributed by atoms with Gasteiger partial charge in [-0.05, 0) is 68.2 Å². The first-order chi connectivity index (χ1) is 15.5. The summed E-state index contributed by atoms with van der Waals surface area (Å²) in [5.74, 6) is -0.696. The molecule has 0 saturated carbocycles. The lowest BCUT2D eigenvalue weighted by molar-refractivity contribution is 0.0880. The largest absolute Gasteiger partial charge is 0.508 e. The highest BCUT2D eigenvalue weighted by atomic mass is 35.5. The molecule has 1 aliphatic rings. The molecule has 7 heteroatoms. The Morgan fingerprint density at radius 1 is 0.969 bits per heavy atom. The smallest absolute Gasteiger partial charge is 0.259 e. The number of amides is 2. The summed E-state index contributed by atoms with van der Waals surface area (Å²) in [6, 6.07) is 12.7. The molecule has 0 radical (unpaired) electrons. The van der Waals surface area contributed by atoms with Crippen molar-refractivity contribution >= 4 is 45.2 Å². The highest BCUT2D eigenvalue weighted by Crippen LogP contribution is 2.41. The maximum atomic E-state index is 12.8. The van der Waals surface area contributed by atoms with Gasteiger partial charge in [-0.2, -0.15) is 0 Å². The molecule has 3 aromatic carbocycles. The zero-order valence-corrected chi connectivity index (χ0v) is 18.3. The number of aromatic amines is 1. The van der Waals surface area contributed by atoms with E-state index in [9.17, 15) is 14.7 Å². The van der Waals surface area contributed by atoms with Gasteiger partial charge < -0.3 is 15.4 Å². The van der Waals surface area contributed by atoms with Gasteiger partial charge in [-0.15, -0.1) is 0 Å². The first kappa shape index (κ1) is 20.5. The number of hydrogen-bond donors (Lipinski definition) is 4. The Balaban J connectivity index is 1.74. The number of phenols is 1. The van der Waals surface area contributed by atoms with Gasteiger partial charge >= 0.3 is 0 Å². The average molecular weight is 448 g/mol. The SMILES string of the molecule is CNCCCCc1cc2[nH]c3cc(-c4ccccc4Cl)c4c(c3c2cc1O)C(=O)NC4=O. The quantitative estimate of drug-likeness (QED) is 0.253. The van der Waals surface area contributed by atoms with Crippen LogP contribution in [0.4, 0.5) is 0 Å². The number of carbonyl (C=O) groups is 2. The number of unbranched alkanes of at least 4 members (excludes halogenated alkanes) is 1. The van der Waals surface area contributed by atoms with Gasteiger partial charge in [0, 0.05) is 32.4 Å². The molecule has 162 valence electrons. The average Bonchev–Trinajstić information content (AvgIpc) is 3.27. The van der Waals surface area contributed by atoms with Crippen LogP contribution in [0.15, 0.2) is 42.5 Å². The summed E-state index contributed by atoms with van der Waals surface area (Å²) < 4.78 is 0. The lowest BCUT2D eigenvalue weighted by Gasteiger charge is -2.10. The van der Waals surface area contributed by atoms with Crippen LogP contribution in [0.2, 0.25) is 5.02 Å². The van der Waals surface area contributed by atoms with E-state index in [4.69, 9.17) is 11.6 Å². The second-order valence-corrected chi connectivity index (χ2v) is 8.48. The maximum Gasteiger partial charge on any atom is 0.259 e. The zero-order chi connectivity index (χ0) is 22.4. The van der Waals surface area contributed by atoms with Crippen LogP contribution >= 0.6 is 11.6 Å². The minimum atomic E-state index is -0.444. The standard InChI is InChI=1S/C25H22ClN3O3/c1-27-9-5-4-6-13-10-18-16(12-20(13)30)21-19(28-18)11-15(14-7-2-3-8-17(14)26)22-23(21)25(32)29-24(22)31/h2-3,7-8,10-12,27-28,30H,4-6,9H2,1H3,(H,29,31,32). The number of fused-ring (bicyclic) bond motifs is 5. The maximum absolute atomic E-state index is 12.8. The van der Waals surface area contributed by atoms with Crippen molar-refractivity contribution in [3.8, 4) is 16.9 Å². The van der Waals surface area contributed by atoms with Gasteiger partial charge in [0.2, 0.25) is 0 Å². The van der Waals surface area contributed by atoms with E-state index in [1.807, 2.05) is 37.4 Å². The van der Waals surface area contributed by atoms with Crippen LogP contribution in [0.3, 0.4) is 0 Å². The molecule has 2 amide bonds. The van der Waals surface area contributed by atoms with Crippen LogP contribution in [0.5, 0.6) is 5.75 Å². The van der Waals surface area contributed by atoms with Crippen molar-refractivity contribution in [2.45, 2.75) is 19.3 Å². The van der Waals surface area contributed by atoms with Crippen molar-refractivity contribution in [2.24, 2.45) is 0 Å². The van der Waals surface area contributed by atoms with Gasteiger partial charge in [-0.1, -0.05) is 29.8 Å². The Bertz CT molecular complexity index is 1410. The van der Waals surface area contributed by atoms with Gasteiger partial charge in [0.15, 0.2) is 0 Å². The van der Waals surface area contributed by atoms with E-state index in [2.05, 4.69) is 15.6 Å². The molecule has 2 heterocycles. The Morgan fingerprint density at radius 2 is 1.75 bits per heavy atom. The monoisotopic (exact) mass is 447 g/mol. The molecule has 0 fully saturated rings. The van der Waals surface area contributed by atoms with E-state index in [0.29, 0.717) is 43.6 Å². The summed E-state index contributed by atoms with van der Waals surface area (Å²) in [6.07, 6.45) is 2.71. The molecule has 4 N–H and O–H groups in total. The fourth-order valence-electron chi connectivity index (χ4n) is 4.55. The molecule has 1 aromatic heterocycles. The Morgan fingerprint density at radius 3 is 2.53 bits per heavy atom. The molecular weight excluding hydrogens is 426 g/mol. The highest BCUT2D eigenvalue weighted by Gasteiger charge is 2.34. The molecule has 5 rings (SSSR count). The van der Waals surface area contributed by atoms with E-state index in [0.717, 1.165) is 36.9 Å². The second-order valence-electron chi connectivity index (χ2n) is 8.07. The Hall–Kier alpha value is -3.35. The summed E-state index contributed by atoms with van der Waals surface area (Å²) in [6.45, 7) is 0.926. The van der Waals surface area contributed by atoms with Gasteiger partial charge in [-0.25, -0.2) is 0 Å². The number of imide groups is 1. The number of aryl methyl sites for hydroxylation is 1. The van der Waals surface area contributed by atoms with Crippen molar-refractivity contribution in [1.82, 2.24) is 15.6 Å². The van der Waals surface area contributed by atoms with Crippen LogP contribution in [0.25, 0.3) is 32.9 Å². The molecule has 0 unspecified atom stereocenters. The lowest BCUT2D eigenvalue weighted by Crippen LogP contribution is -2.20. The third kappa shape index (κ3) is 3.23. The van der Waals surface area contributed by atoms with Gasteiger partial charge in [0.25, 0.3) is 11.8 Å². The first-order valence-electron chi connectivity index (χ1n) is 10.6. The number of phenolic OH excluding ortho intramolecular Hbond substituents is 1.